The Balaban J connectivity index is 1.79. The molecule has 7 nitrogen and oxygen atoms in total. The van der Waals surface area contributed by atoms with E-state index >= 15 is 0 Å². The first-order chi connectivity index (χ1) is 13.5. The van der Waals surface area contributed by atoms with Crippen LogP contribution >= 0.6 is 0 Å². The van der Waals surface area contributed by atoms with Crippen molar-refractivity contribution in [1.29, 1.82) is 0 Å². The highest BCUT2D eigenvalue weighted by Crippen LogP contribution is 2.13. The van der Waals surface area contributed by atoms with Crippen LogP contribution in [-0.4, -0.2) is 60.4 Å². The third kappa shape index (κ3) is 8.03. The number of benzene rings is 1. The molecule has 1 aliphatic heterocycles. The molecule has 2 N–H and O–H groups in total. The van der Waals surface area contributed by atoms with Crippen LogP contribution in [0.5, 0.6) is 0 Å². The number of amides is 2. The van der Waals surface area contributed by atoms with Gasteiger partial charge in [0, 0.05) is 37.8 Å². The molecule has 0 spiro atoms. The number of ether oxygens (including phenoxy) is 2. The van der Waals surface area contributed by atoms with Gasteiger partial charge in [0.1, 0.15) is 5.60 Å². The molecule has 0 bridgehead atoms. The van der Waals surface area contributed by atoms with Crippen LogP contribution in [0.4, 0.5) is 4.79 Å². The summed E-state index contributed by atoms with van der Waals surface area (Å²) in [5, 5.41) is 5.72. The molecule has 0 saturated carbocycles. The van der Waals surface area contributed by atoms with Gasteiger partial charge in [0.25, 0.3) is 5.91 Å². The number of carbonyl (C=O) groups is 2. The molecule has 1 saturated heterocycles. The van der Waals surface area contributed by atoms with Gasteiger partial charge >= 0.3 is 6.09 Å². The van der Waals surface area contributed by atoms with Gasteiger partial charge in [-0.1, -0.05) is 12.1 Å². The second-order valence-electron chi connectivity index (χ2n) is 8.82. The van der Waals surface area contributed by atoms with E-state index in [9.17, 15) is 9.59 Å². The van der Waals surface area contributed by atoms with Crippen molar-refractivity contribution in [3.8, 4) is 0 Å². The lowest BCUT2D eigenvalue weighted by Gasteiger charge is -2.39. The number of rotatable bonds is 6. The Hall–Kier alpha value is -2.12. The normalized spacial score (nSPS) is 21.3. The van der Waals surface area contributed by atoms with Gasteiger partial charge in [-0.2, -0.15) is 0 Å². The topological polar surface area (TPSA) is 79.9 Å². The van der Waals surface area contributed by atoms with Gasteiger partial charge in [-0.3, -0.25) is 9.69 Å². The van der Waals surface area contributed by atoms with E-state index in [1.807, 2.05) is 32.9 Å². The highest BCUT2D eigenvalue weighted by Gasteiger charge is 2.25. The van der Waals surface area contributed by atoms with Gasteiger partial charge in [-0.25, -0.2) is 4.79 Å². The van der Waals surface area contributed by atoms with Gasteiger partial charge in [-0.05, 0) is 59.2 Å². The number of morpholine rings is 1. The summed E-state index contributed by atoms with van der Waals surface area (Å²) >= 11 is 0. The quantitative estimate of drug-likeness (QED) is 0.761. The van der Waals surface area contributed by atoms with E-state index in [0.717, 1.165) is 18.7 Å². The number of hydrogen-bond donors (Lipinski definition) is 2. The Labute approximate surface area is 174 Å². The van der Waals surface area contributed by atoms with Crippen molar-refractivity contribution >= 4 is 12.0 Å². The monoisotopic (exact) mass is 405 g/mol. The Kier molecular flexibility index (Phi) is 8.05. The molecule has 0 aliphatic carbocycles. The predicted molar refractivity (Wildman–Crippen MR) is 113 cm³/mol. The van der Waals surface area contributed by atoms with Gasteiger partial charge in [0.2, 0.25) is 0 Å². The van der Waals surface area contributed by atoms with Gasteiger partial charge in [0.05, 0.1) is 12.2 Å². The summed E-state index contributed by atoms with van der Waals surface area (Å²) in [7, 11) is 0. The molecule has 0 aromatic heterocycles. The van der Waals surface area contributed by atoms with Crippen molar-refractivity contribution < 1.29 is 19.1 Å². The highest BCUT2D eigenvalue weighted by atomic mass is 16.6. The number of carbonyl (C=O) groups excluding carboxylic acids is 2. The average molecular weight is 406 g/mol. The van der Waals surface area contributed by atoms with Crippen LogP contribution in [0, 0.1) is 0 Å². The van der Waals surface area contributed by atoms with Crippen LogP contribution in [0.15, 0.2) is 24.3 Å². The maximum Gasteiger partial charge on any atom is 0.407 e. The lowest BCUT2D eigenvalue weighted by Crippen LogP contribution is -2.52. The summed E-state index contributed by atoms with van der Waals surface area (Å²) in [4.78, 5) is 26.5. The van der Waals surface area contributed by atoms with Crippen LogP contribution in [0.3, 0.4) is 0 Å². The van der Waals surface area contributed by atoms with E-state index < -0.39 is 11.7 Å². The van der Waals surface area contributed by atoms with E-state index in [0.29, 0.717) is 18.7 Å². The Morgan fingerprint density at radius 2 is 1.72 bits per heavy atom. The van der Waals surface area contributed by atoms with Crippen molar-refractivity contribution in [3.63, 3.8) is 0 Å². The van der Waals surface area contributed by atoms with Crippen LogP contribution < -0.4 is 10.6 Å². The Morgan fingerprint density at radius 3 is 2.28 bits per heavy atom. The summed E-state index contributed by atoms with van der Waals surface area (Å²) in [6.07, 6.45) is -0.0440. The highest BCUT2D eigenvalue weighted by molar-refractivity contribution is 5.94. The molecule has 3 atom stereocenters. The number of nitrogens with one attached hydrogen (secondary N) is 2. The zero-order valence-electron chi connectivity index (χ0n) is 18.5. The van der Waals surface area contributed by atoms with Gasteiger partial charge < -0.3 is 20.1 Å². The minimum atomic E-state index is -0.527. The third-order valence-electron chi connectivity index (χ3n) is 4.68. The SMILES string of the molecule is CC1CN(C(C)CNC(=O)c2ccc(CNC(=O)OC(C)(C)C)cc2)CC(C)O1. The summed E-state index contributed by atoms with van der Waals surface area (Å²) in [6.45, 7) is 14.4. The fourth-order valence-electron chi connectivity index (χ4n) is 3.31. The van der Waals surface area contributed by atoms with Crippen molar-refractivity contribution in [2.45, 2.75) is 71.9 Å². The van der Waals surface area contributed by atoms with Crippen LogP contribution in [0.25, 0.3) is 0 Å². The molecule has 2 amide bonds. The largest absolute Gasteiger partial charge is 0.444 e. The maximum atomic E-state index is 12.5. The van der Waals surface area contributed by atoms with Crippen LogP contribution in [0.1, 0.15) is 57.5 Å². The van der Waals surface area contributed by atoms with Crippen molar-refractivity contribution in [1.82, 2.24) is 15.5 Å². The predicted octanol–water partition coefficient (Wildman–Crippen LogP) is 2.94. The molecule has 29 heavy (non-hydrogen) atoms. The molecule has 0 radical (unpaired) electrons. The lowest BCUT2D eigenvalue weighted by atomic mass is 10.1. The lowest BCUT2D eigenvalue weighted by molar-refractivity contribution is -0.0778. The zero-order chi connectivity index (χ0) is 21.6. The van der Waals surface area contributed by atoms with Crippen molar-refractivity contribution in [2.75, 3.05) is 19.6 Å². The van der Waals surface area contributed by atoms with E-state index in [1.165, 1.54) is 0 Å². The van der Waals surface area contributed by atoms with Crippen LogP contribution in [0.2, 0.25) is 0 Å². The molecule has 162 valence electrons. The second-order valence-corrected chi connectivity index (χ2v) is 8.82. The first-order valence-corrected chi connectivity index (χ1v) is 10.3. The molecule has 1 aliphatic rings. The fraction of sp³-hybridized carbons (Fsp3) is 0.636. The van der Waals surface area contributed by atoms with Crippen molar-refractivity contribution in [2.24, 2.45) is 0 Å². The van der Waals surface area contributed by atoms with Crippen LogP contribution in [-0.2, 0) is 16.0 Å². The molecular formula is C22H35N3O4. The maximum absolute atomic E-state index is 12.5. The molecule has 1 fully saturated rings. The first-order valence-electron chi connectivity index (χ1n) is 10.3. The van der Waals surface area contributed by atoms with E-state index in [4.69, 9.17) is 9.47 Å². The molecule has 7 heteroatoms. The Morgan fingerprint density at radius 1 is 1.14 bits per heavy atom. The van der Waals surface area contributed by atoms with Gasteiger partial charge in [0.15, 0.2) is 0 Å². The van der Waals surface area contributed by atoms with E-state index in [-0.39, 0.29) is 24.2 Å². The fourth-order valence-corrected chi connectivity index (χ4v) is 3.31. The molecule has 3 unspecified atom stereocenters. The zero-order valence-corrected chi connectivity index (χ0v) is 18.5. The summed E-state index contributed by atoms with van der Waals surface area (Å²) in [6, 6.07) is 7.45. The smallest absolute Gasteiger partial charge is 0.407 e. The van der Waals surface area contributed by atoms with E-state index in [1.54, 1.807) is 12.1 Å². The minimum Gasteiger partial charge on any atom is -0.444 e. The molecule has 1 heterocycles. The Bertz CT molecular complexity index is 674. The summed E-state index contributed by atoms with van der Waals surface area (Å²) < 4.78 is 11.0. The number of alkyl carbamates (subject to hydrolysis) is 1. The van der Waals surface area contributed by atoms with Crippen molar-refractivity contribution in [3.05, 3.63) is 35.4 Å². The summed E-state index contributed by atoms with van der Waals surface area (Å²) in [5.74, 6) is -0.0992. The molecule has 2 rings (SSSR count). The van der Waals surface area contributed by atoms with E-state index in [2.05, 4.69) is 36.3 Å². The average Bonchev–Trinajstić information content (AvgIpc) is 2.62. The summed E-state index contributed by atoms with van der Waals surface area (Å²) in [5.41, 5.74) is 0.972. The number of hydrogen-bond acceptors (Lipinski definition) is 5. The molecular weight excluding hydrogens is 370 g/mol. The minimum absolute atomic E-state index is 0.0992. The number of nitrogens with zero attached hydrogens (tertiary/aromatic N) is 1. The standard InChI is InChI=1S/C22H35N3O4/c1-15(25-13-16(2)28-17(3)14-25)11-23-20(26)19-9-7-18(8-10-19)12-24-21(27)29-22(4,5)6/h7-10,15-17H,11-14H2,1-6H3,(H,23,26)(H,24,27). The third-order valence-corrected chi connectivity index (χ3v) is 4.68. The van der Waals surface area contributed by atoms with Gasteiger partial charge in [-0.15, -0.1) is 0 Å². The second kappa shape index (κ2) is 10.1. The first kappa shape index (κ1) is 23.2. The molecule has 1 aromatic rings. The molecule has 1 aromatic carbocycles.